The van der Waals surface area contributed by atoms with E-state index in [0.717, 1.165) is 0 Å². The summed E-state index contributed by atoms with van der Waals surface area (Å²) < 4.78 is 39.7. The highest BCUT2D eigenvalue weighted by atomic mass is 19.4. The van der Waals surface area contributed by atoms with E-state index in [0.29, 0.717) is 11.3 Å². The average Bonchev–Trinajstić information content (AvgIpc) is 2.35. The number of urea groups is 1. The number of carbonyl (C=O) groups excluding carboxylic acids is 2. The van der Waals surface area contributed by atoms with Crippen molar-refractivity contribution >= 4 is 17.8 Å². The fourth-order valence-electron chi connectivity index (χ4n) is 1.45. The summed E-state index contributed by atoms with van der Waals surface area (Å²) in [5.41, 5.74) is 6.02. The number of nitrogens with two attached hydrogens (primary N) is 1. The van der Waals surface area contributed by atoms with E-state index < -0.39 is 30.9 Å². The van der Waals surface area contributed by atoms with Crippen LogP contribution in [0.5, 0.6) is 0 Å². The van der Waals surface area contributed by atoms with E-state index in [1.54, 1.807) is 31.2 Å². The Balaban J connectivity index is 2.53. The van der Waals surface area contributed by atoms with Gasteiger partial charge in [0.2, 0.25) is 0 Å². The minimum absolute atomic E-state index is 0.457. The molecule has 3 amide bonds. The molecule has 9 heteroatoms. The summed E-state index contributed by atoms with van der Waals surface area (Å²) in [5, 5.41) is 4.61. The topological polar surface area (TPSA) is 93.4 Å². The van der Waals surface area contributed by atoms with E-state index >= 15 is 0 Å². The molecule has 0 spiro atoms. The first-order valence-corrected chi connectivity index (χ1v) is 5.84. The van der Waals surface area contributed by atoms with Gasteiger partial charge in [-0.25, -0.2) is 9.59 Å². The predicted octanol–water partition coefficient (Wildman–Crippen LogP) is 2.53. The maximum absolute atomic E-state index is 11.9. The SMILES string of the molecule is CC(NC(=O)OCC(F)(F)F)c1ccc(NC(N)=O)cc1. The predicted molar refractivity (Wildman–Crippen MR) is 68.6 cm³/mol. The molecule has 0 bridgehead atoms. The van der Waals surface area contributed by atoms with E-state index in [1.165, 1.54) is 0 Å². The number of alkyl carbamates (subject to hydrolysis) is 1. The molecule has 4 N–H and O–H groups in total. The molecule has 1 atom stereocenters. The number of alkyl halides is 3. The van der Waals surface area contributed by atoms with Crippen LogP contribution in [-0.2, 0) is 4.74 Å². The number of hydrogen-bond donors (Lipinski definition) is 3. The fraction of sp³-hybridized carbons (Fsp3) is 0.333. The van der Waals surface area contributed by atoms with Gasteiger partial charge in [-0.1, -0.05) is 12.1 Å². The lowest BCUT2D eigenvalue weighted by Crippen LogP contribution is -2.30. The van der Waals surface area contributed by atoms with Crippen molar-refractivity contribution < 1.29 is 27.5 Å². The second kappa shape index (κ2) is 6.82. The summed E-state index contributed by atoms with van der Waals surface area (Å²) in [6.07, 6.45) is -5.73. The molecule has 0 saturated carbocycles. The molecular formula is C12H14F3N3O3. The molecule has 116 valence electrons. The highest BCUT2D eigenvalue weighted by molar-refractivity contribution is 5.87. The summed E-state index contributed by atoms with van der Waals surface area (Å²) in [7, 11) is 0. The molecule has 0 aliphatic heterocycles. The molecule has 1 unspecified atom stereocenters. The number of anilines is 1. The van der Waals surface area contributed by atoms with E-state index in [1.807, 2.05) is 0 Å². The highest BCUT2D eigenvalue weighted by Gasteiger charge is 2.29. The first-order valence-electron chi connectivity index (χ1n) is 5.84. The Labute approximate surface area is 118 Å². The van der Waals surface area contributed by atoms with Crippen LogP contribution in [0.15, 0.2) is 24.3 Å². The standard InChI is InChI=1S/C12H14F3N3O3/c1-7(17-11(20)21-6-12(13,14)15)8-2-4-9(5-3-8)18-10(16)19/h2-5,7H,6H2,1H3,(H,17,20)(H3,16,18,19). The molecule has 0 aliphatic carbocycles. The van der Waals surface area contributed by atoms with Crippen LogP contribution in [0.2, 0.25) is 0 Å². The van der Waals surface area contributed by atoms with Crippen LogP contribution in [0.4, 0.5) is 28.4 Å². The zero-order chi connectivity index (χ0) is 16.0. The minimum Gasteiger partial charge on any atom is -0.440 e. The maximum Gasteiger partial charge on any atom is 0.422 e. The van der Waals surface area contributed by atoms with Gasteiger partial charge in [0, 0.05) is 5.69 Å². The van der Waals surface area contributed by atoms with Crippen molar-refractivity contribution in [3.63, 3.8) is 0 Å². The van der Waals surface area contributed by atoms with Crippen LogP contribution in [0.25, 0.3) is 0 Å². The molecule has 6 nitrogen and oxygen atoms in total. The third-order valence-corrected chi connectivity index (χ3v) is 2.38. The molecule has 0 fully saturated rings. The summed E-state index contributed by atoms with van der Waals surface area (Å²) in [4.78, 5) is 21.8. The van der Waals surface area contributed by atoms with Gasteiger partial charge in [-0.2, -0.15) is 13.2 Å². The Bertz CT molecular complexity index is 503. The number of nitrogens with one attached hydrogen (secondary N) is 2. The summed E-state index contributed by atoms with van der Waals surface area (Å²) in [5.74, 6) is 0. The molecule has 1 aromatic rings. The van der Waals surface area contributed by atoms with E-state index in [9.17, 15) is 22.8 Å². The molecule has 1 aromatic carbocycles. The van der Waals surface area contributed by atoms with E-state index in [4.69, 9.17) is 5.73 Å². The van der Waals surface area contributed by atoms with Gasteiger partial charge in [-0.3, -0.25) is 0 Å². The molecule has 0 saturated heterocycles. The maximum atomic E-state index is 11.9. The van der Waals surface area contributed by atoms with Crippen molar-refractivity contribution in [2.24, 2.45) is 5.73 Å². The van der Waals surface area contributed by atoms with E-state index in [-0.39, 0.29) is 0 Å². The quantitative estimate of drug-likeness (QED) is 0.798. The van der Waals surface area contributed by atoms with Crippen LogP contribution >= 0.6 is 0 Å². The molecule has 0 aliphatic rings. The second-order valence-electron chi connectivity index (χ2n) is 4.17. The van der Waals surface area contributed by atoms with Gasteiger partial charge in [-0.05, 0) is 24.6 Å². The van der Waals surface area contributed by atoms with Gasteiger partial charge in [0.25, 0.3) is 0 Å². The van der Waals surface area contributed by atoms with Gasteiger partial charge in [0.15, 0.2) is 6.61 Å². The number of benzene rings is 1. The lowest BCUT2D eigenvalue weighted by Gasteiger charge is -2.15. The Morgan fingerprint density at radius 1 is 1.29 bits per heavy atom. The monoisotopic (exact) mass is 305 g/mol. The van der Waals surface area contributed by atoms with Crippen LogP contribution in [0, 0.1) is 0 Å². The number of amides is 3. The summed E-state index contributed by atoms with van der Waals surface area (Å²) in [6, 6.07) is 4.97. The van der Waals surface area contributed by atoms with Crippen LogP contribution < -0.4 is 16.4 Å². The third kappa shape index (κ3) is 6.50. The minimum atomic E-state index is -4.57. The molecule has 0 aromatic heterocycles. The van der Waals surface area contributed by atoms with Crippen molar-refractivity contribution in [2.45, 2.75) is 19.1 Å². The van der Waals surface area contributed by atoms with Crippen molar-refractivity contribution in [3.8, 4) is 0 Å². The Morgan fingerprint density at radius 3 is 2.33 bits per heavy atom. The molecule has 0 radical (unpaired) electrons. The lowest BCUT2D eigenvalue weighted by atomic mass is 10.1. The average molecular weight is 305 g/mol. The second-order valence-corrected chi connectivity index (χ2v) is 4.17. The Kier molecular flexibility index (Phi) is 5.39. The molecule has 0 heterocycles. The van der Waals surface area contributed by atoms with Crippen molar-refractivity contribution in [2.75, 3.05) is 11.9 Å². The Hall–Kier alpha value is -2.45. The molecule has 21 heavy (non-hydrogen) atoms. The van der Waals surface area contributed by atoms with E-state index in [2.05, 4.69) is 15.4 Å². The van der Waals surface area contributed by atoms with Gasteiger partial charge >= 0.3 is 18.3 Å². The number of hydrogen-bond acceptors (Lipinski definition) is 3. The van der Waals surface area contributed by atoms with Crippen LogP contribution in [-0.4, -0.2) is 24.9 Å². The van der Waals surface area contributed by atoms with Crippen molar-refractivity contribution in [1.82, 2.24) is 5.32 Å². The number of rotatable bonds is 4. The third-order valence-electron chi connectivity index (χ3n) is 2.38. The molecular weight excluding hydrogens is 291 g/mol. The van der Waals surface area contributed by atoms with Gasteiger partial charge in [-0.15, -0.1) is 0 Å². The van der Waals surface area contributed by atoms with Gasteiger partial charge in [0.05, 0.1) is 6.04 Å². The zero-order valence-corrected chi connectivity index (χ0v) is 11.0. The van der Waals surface area contributed by atoms with Crippen LogP contribution in [0.3, 0.4) is 0 Å². The van der Waals surface area contributed by atoms with Crippen LogP contribution in [0.1, 0.15) is 18.5 Å². The number of primary amides is 1. The first-order chi connectivity index (χ1) is 9.67. The van der Waals surface area contributed by atoms with Gasteiger partial charge < -0.3 is 21.1 Å². The fourth-order valence-corrected chi connectivity index (χ4v) is 1.45. The van der Waals surface area contributed by atoms with Gasteiger partial charge in [0.1, 0.15) is 0 Å². The largest absolute Gasteiger partial charge is 0.440 e. The highest BCUT2D eigenvalue weighted by Crippen LogP contribution is 2.17. The number of carbonyl (C=O) groups is 2. The molecule has 1 rings (SSSR count). The number of ether oxygens (including phenoxy) is 1. The number of halogens is 3. The zero-order valence-electron chi connectivity index (χ0n) is 11.0. The normalized spacial score (nSPS) is 12.4. The lowest BCUT2D eigenvalue weighted by molar-refractivity contribution is -0.160. The first kappa shape index (κ1) is 16.6. The summed E-state index contributed by atoms with van der Waals surface area (Å²) in [6.45, 7) is -0.0710. The smallest absolute Gasteiger partial charge is 0.422 e. The Morgan fingerprint density at radius 2 is 1.86 bits per heavy atom. The van der Waals surface area contributed by atoms with Crippen molar-refractivity contribution in [3.05, 3.63) is 29.8 Å². The van der Waals surface area contributed by atoms with Crippen molar-refractivity contribution in [1.29, 1.82) is 0 Å². The summed E-state index contributed by atoms with van der Waals surface area (Å²) >= 11 is 0.